The lowest BCUT2D eigenvalue weighted by Crippen LogP contribution is -1.94. The average molecular weight is 363 g/mol. The topological polar surface area (TPSA) is 43.3 Å². The Hall–Kier alpha value is -0.750. The maximum Gasteiger partial charge on any atom is 0.158 e. The lowest BCUT2D eigenvalue weighted by Gasteiger charge is -1.99. The van der Waals surface area contributed by atoms with Crippen molar-refractivity contribution in [1.82, 2.24) is 9.38 Å². The van der Waals surface area contributed by atoms with Gasteiger partial charge in [-0.2, -0.15) is 0 Å². The largest absolute Gasteiger partial charge is 0.383 e. The van der Waals surface area contributed by atoms with Gasteiger partial charge in [0.2, 0.25) is 0 Å². The molecule has 3 heterocycles. The van der Waals surface area contributed by atoms with Crippen LogP contribution >= 0.6 is 50.5 Å². The highest BCUT2D eigenvalue weighted by Gasteiger charge is 2.17. The molecule has 0 aliphatic carbocycles. The summed E-state index contributed by atoms with van der Waals surface area (Å²) in [5.74, 6) is 0.526. The second-order valence-electron chi connectivity index (χ2n) is 3.64. The summed E-state index contributed by atoms with van der Waals surface area (Å²) in [5, 5.41) is 2.97. The van der Waals surface area contributed by atoms with Gasteiger partial charge in [0.15, 0.2) is 5.65 Å². The number of anilines is 1. The number of hydrogen-bond donors (Lipinski definition) is 1. The fourth-order valence-electron chi connectivity index (χ4n) is 1.72. The molecule has 0 spiro atoms. The molecule has 3 nitrogen and oxygen atoms in total. The van der Waals surface area contributed by atoms with Crippen LogP contribution in [0.5, 0.6) is 0 Å². The molecular formula is C11H6BrCl2N3S. The van der Waals surface area contributed by atoms with Gasteiger partial charge in [0.1, 0.15) is 11.5 Å². The molecule has 0 saturated carbocycles. The number of nitrogens with two attached hydrogens (primary N) is 1. The predicted molar refractivity (Wildman–Crippen MR) is 80.6 cm³/mol. The standard InChI is InChI=1S/C11H6BrCl2N3S/c12-6-1-2-18-9(6)8-10(15)17-4-5(13)3-7(14)11(17)16-8/h1-4H,15H2. The van der Waals surface area contributed by atoms with Crippen molar-refractivity contribution in [2.75, 3.05) is 5.73 Å². The van der Waals surface area contributed by atoms with Crippen molar-refractivity contribution in [3.63, 3.8) is 0 Å². The molecule has 18 heavy (non-hydrogen) atoms. The van der Waals surface area contributed by atoms with E-state index in [1.807, 2.05) is 11.4 Å². The van der Waals surface area contributed by atoms with Gasteiger partial charge in [-0.1, -0.05) is 23.2 Å². The Morgan fingerprint density at radius 1 is 1.39 bits per heavy atom. The zero-order valence-electron chi connectivity index (χ0n) is 8.82. The summed E-state index contributed by atoms with van der Waals surface area (Å²) in [6.07, 6.45) is 1.70. The first-order chi connectivity index (χ1) is 8.58. The highest BCUT2D eigenvalue weighted by atomic mass is 79.9. The lowest BCUT2D eigenvalue weighted by atomic mass is 10.3. The summed E-state index contributed by atoms with van der Waals surface area (Å²) in [7, 11) is 0. The molecule has 7 heteroatoms. The van der Waals surface area contributed by atoms with E-state index in [4.69, 9.17) is 28.9 Å². The molecule has 0 aliphatic rings. The van der Waals surface area contributed by atoms with Crippen LogP contribution in [0.4, 0.5) is 5.82 Å². The quantitative estimate of drug-likeness (QED) is 0.680. The van der Waals surface area contributed by atoms with Crippen molar-refractivity contribution in [1.29, 1.82) is 0 Å². The number of thiophene rings is 1. The smallest absolute Gasteiger partial charge is 0.158 e. The van der Waals surface area contributed by atoms with Crippen LogP contribution in [0.15, 0.2) is 28.2 Å². The third kappa shape index (κ3) is 1.82. The van der Waals surface area contributed by atoms with Gasteiger partial charge < -0.3 is 5.73 Å². The number of imidazole rings is 1. The Kier molecular flexibility index (Phi) is 3.02. The minimum absolute atomic E-state index is 0.480. The molecule has 0 saturated heterocycles. The van der Waals surface area contributed by atoms with E-state index in [9.17, 15) is 0 Å². The Morgan fingerprint density at radius 2 is 2.17 bits per heavy atom. The second-order valence-corrected chi connectivity index (χ2v) is 6.26. The van der Waals surface area contributed by atoms with Crippen LogP contribution < -0.4 is 5.73 Å². The Bertz CT molecular complexity index is 750. The highest BCUT2D eigenvalue weighted by Crippen LogP contribution is 2.38. The normalized spacial score (nSPS) is 11.3. The van der Waals surface area contributed by atoms with E-state index in [0.29, 0.717) is 27.2 Å². The average Bonchev–Trinajstić information content (AvgIpc) is 2.85. The van der Waals surface area contributed by atoms with Crippen LogP contribution in [0, 0.1) is 0 Å². The van der Waals surface area contributed by atoms with Crippen molar-refractivity contribution in [2.24, 2.45) is 0 Å². The van der Waals surface area contributed by atoms with Gasteiger partial charge in [0.25, 0.3) is 0 Å². The van der Waals surface area contributed by atoms with E-state index in [2.05, 4.69) is 20.9 Å². The Balaban J connectivity index is 2.36. The van der Waals surface area contributed by atoms with E-state index >= 15 is 0 Å². The molecule has 3 rings (SSSR count). The maximum atomic E-state index is 6.12. The van der Waals surface area contributed by atoms with Gasteiger partial charge in [0.05, 0.1) is 14.9 Å². The molecular weight excluding hydrogens is 357 g/mol. The fraction of sp³-hybridized carbons (Fsp3) is 0. The molecule has 3 aromatic rings. The summed E-state index contributed by atoms with van der Waals surface area (Å²) in [6, 6.07) is 3.61. The molecule has 0 radical (unpaired) electrons. The molecule has 0 amide bonds. The van der Waals surface area contributed by atoms with E-state index in [0.717, 1.165) is 9.35 Å². The zero-order valence-corrected chi connectivity index (χ0v) is 12.7. The fourth-order valence-corrected chi connectivity index (χ4v) is 3.79. The third-order valence-electron chi connectivity index (χ3n) is 2.51. The van der Waals surface area contributed by atoms with Crippen LogP contribution in [0.1, 0.15) is 0 Å². The Morgan fingerprint density at radius 3 is 2.83 bits per heavy atom. The molecule has 0 unspecified atom stereocenters. The van der Waals surface area contributed by atoms with Crippen LogP contribution in [-0.2, 0) is 0 Å². The minimum Gasteiger partial charge on any atom is -0.383 e. The number of hydrogen-bond acceptors (Lipinski definition) is 3. The number of fused-ring (bicyclic) bond motifs is 1. The monoisotopic (exact) mass is 361 g/mol. The molecule has 0 aromatic carbocycles. The highest BCUT2D eigenvalue weighted by molar-refractivity contribution is 9.10. The molecule has 2 N–H and O–H groups in total. The van der Waals surface area contributed by atoms with Gasteiger partial charge in [0, 0.05) is 10.7 Å². The van der Waals surface area contributed by atoms with Crippen molar-refractivity contribution in [2.45, 2.75) is 0 Å². The molecule has 0 fully saturated rings. The minimum atomic E-state index is 0.480. The first-order valence-electron chi connectivity index (χ1n) is 4.94. The van der Waals surface area contributed by atoms with Crippen molar-refractivity contribution in [3.8, 4) is 10.6 Å². The number of halogens is 3. The number of aromatic nitrogens is 2. The van der Waals surface area contributed by atoms with Gasteiger partial charge >= 0.3 is 0 Å². The summed E-state index contributed by atoms with van der Waals surface area (Å²) in [5.41, 5.74) is 7.42. The van der Waals surface area contributed by atoms with E-state index in [-0.39, 0.29) is 0 Å². The first kappa shape index (κ1) is 12.3. The van der Waals surface area contributed by atoms with Crippen molar-refractivity contribution >= 4 is 61.9 Å². The third-order valence-corrected chi connectivity index (χ3v) is 4.84. The molecule has 0 aliphatic heterocycles. The first-order valence-corrected chi connectivity index (χ1v) is 7.36. The summed E-state index contributed by atoms with van der Waals surface area (Å²) < 4.78 is 2.66. The molecule has 0 atom stereocenters. The van der Waals surface area contributed by atoms with Gasteiger partial charge in [-0.05, 0) is 33.4 Å². The number of nitrogens with zero attached hydrogens (tertiary/aromatic N) is 2. The van der Waals surface area contributed by atoms with Crippen LogP contribution in [0.2, 0.25) is 10.0 Å². The Labute approximate surface area is 125 Å². The number of nitrogen functional groups attached to an aromatic ring is 1. The SMILES string of the molecule is Nc1c(-c2sccc2Br)nc2c(Cl)cc(Cl)cn12. The molecule has 3 aromatic heterocycles. The van der Waals surface area contributed by atoms with E-state index in [1.165, 1.54) is 0 Å². The summed E-state index contributed by atoms with van der Waals surface area (Å²) in [6.45, 7) is 0. The van der Waals surface area contributed by atoms with Gasteiger partial charge in [-0.15, -0.1) is 11.3 Å². The molecule has 92 valence electrons. The van der Waals surface area contributed by atoms with Crippen LogP contribution in [-0.4, -0.2) is 9.38 Å². The number of rotatable bonds is 1. The van der Waals surface area contributed by atoms with Crippen LogP contribution in [0.25, 0.3) is 16.2 Å². The maximum absolute atomic E-state index is 6.12. The zero-order chi connectivity index (χ0) is 12.9. The summed E-state index contributed by atoms with van der Waals surface area (Å²) in [4.78, 5) is 5.46. The van der Waals surface area contributed by atoms with Crippen molar-refractivity contribution in [3.05, 3.63) is 38.2 Å². The number of pyridine rings is 1. The predicted octanol–water partition coefficient (Wildman–Crippen LogP) is 4.71. The lowest BCUT2D eigenvalue weighted by molar-refractivity contribution is 1.20. The van der Waals surface area contributed by atoms with Crippen LogP contribution in [0.3, 0.4) is 0 Å². The van der Waals surface area contributed by atoms with E-state index in [1.54, 1.807) is 28.0 Å². The van der Waals surface area contributed by atoms with E-state index < -0.39 is 0 Å². The van der Waals surface area contributed by atoms with Gasteiger partial charge in [-0.25, -0.2) is 4.98 Å². The second kappa shape index (κ2) is 4.42. The van der Waals surface area contributed by atoms with Crippen molar-refractivity contribution < 1.29 is 0 Å². The van der Waals surface area contributed by atoms with Gasteiger partial charge in [-0.3, -0.25) is 4.40 Å². The molecule has 0 bridgehead atoms. The summed E-state index contributed by atoms with van der Waals surface area (Å²) >= 11 is 17.1.